The summed E-state index contributed by atoms with van der Waals surface area (Å²) in [6, 6.07) is 15.4. The third kappa shape index (κ3) is 5.54. The lowest BCUT2D eigenvalue weighted by Crippen LogP contribution is -2.33. The van der Waals surface area contributed by atoms with Crippen LogP contribution in [0.25, 0.3) is 0 Å². The first-order chi connectivity index (χ1) is 11.2. The Morgan fingerprint density at radius 1 is 1.17 bits per heavy atom. The normalized spacial score (nSPS) is 11.3. The zero-order valence-corrected chi connectivity index (χ0v) is 13.3. The van der Waals surface area contributed by atoms with E-state index in [2.05, 4.69) is 22.4 Å². The number of guanidine groups is 1. The quantitative estimate of drug-likeness (QED) is 0.542. The van der Waals surface area contributed by atoms with E-state index in [4.69, 9.17) is 10.5 Å². The first kappa shape index (κ1) is 16.7. The van der Waals surface area contributed by atoms with Crippen LogP contribution in [0.15, 0.2) is 53.5 Å². The van der Waals surface area contributed by atoms with Crippen molar-refractivity contribution in [1.29, 1.82) is 0 Å². The molecule has 0 unspecified atom stereocenters. The van der Waals surface area contributed by atoms with Crippen molar-refractivity contribution in [3.63, 3.8) is 0 Å². The number of phenols is 1. The highest BCUT2D eigenvalue weighted by Crippen LogP contribution is 2.26. The van der Waals surface area contributed by atoms with Crippen LogP contribution in [0.1, 0.15) is 18.1 Å². The highest BCUT2D eigenvalue weighted by molar-refractivity contribution is 5.77. The third-order valence-electron chi connectivity index (χ3n) is 3.32. The molecule has 2 aromatic rings. The molecule has 2 rings (SSSR count). The molecule has 0 amide bonds. The van der Waals surface area contributed by atoms with Crippen LogP contribution in [0, 0.1) is 0 Å². The molecule has 0 saturated carbocycles. The predicted molar refractivity (Wildman–Crippen MR) is 92.8 cm³/mol. The van der Waals surface area contributed by atoms with Crippen LogP contribution in [0.4, 0.5) is 0 Å². The summed E-state index contributed by atoms with van der Waals surface area (Å²) in [7, 11) is 0. The van der Waals surface area contributed by atoms with Crippen molar-refractivity contribution < 1.29 is 9.84 Å². The predicted octanol–water partition coefficient (Wildman–Crippen LogP) is 2.44. The van der Waals surface area contributed by atoms with Crippen LogP contribution >= 0.6 is 0 Å². The second-order valence-electron chi connectivity index (χ2n) is 5.10. The number of hydrogen-bond acceptors (Lipinski definition) is 3. The molecule has 0 fully saturated rings. The van der Waals surface area contributed by atoms with Crippen molar-refractivity contribution in [2.75, 3.05) is 13.2 Å². The van der Waals surface area contributed by atoms with Gasteiger partial charge in [-0.25, -0.2) is 4.99 Å². The summed E-state index contributed by atoms with van der Waals surface area (Å²) >= 11 is 0. The van der Waals surface area contributed by atoms with Gasteiger partial charge in [0.25, 0.3) is 0 Å². The summed E-state index contributed by atoms with van der Waals surface area (Å²) in [4.78, 5) is 4.30. The largest absolute Gasteiger partial charge is 0.504 e. The zero-order valence-electron chi connectivity index (χ0n) is 13.3. The summed E-state index contributed by atoms with van der Waals surface area (Å²) < 4.78 is 5.35. The molecule has 2 aromatic carbocycles. The van der Waals surface area contributed by atoms with E-state index < -0.39 is 0 Å². The zero-order chi connectivity index (χ0) is 16.5. The monoisotopic (exact) mass is 313 g/mol. The number of ether oxygens (including phenoxy) is 1. The SMILES string of the molecule is CCOc1cc(CN=C(N)NCCc2ccccc2)ccc1O. The molecule has 23 heavy (non-hydrogen) atoms. The molecule has 0 aromatic heterocycles. The Kier molecular flexibility index (Phi) is 6.29. The van der Waals surface area contributed by atoms with E-state index in [1.165, 1.54) is 5.56 Å². The van der Waals surface area contributed by atoms with Gasteiger partial charge in [-0.2, -0.15) is 0 Å². The van der Waals surface area contributed by atoms with E-state index in [-0.39, 0.29) is 5.75 Å². The molecular weight excluding hydrogens is 290 g/mol. The van der Waals surface area contributed by atoms with Crippen molar-refractivity contribution in [3.05, 3.63) is 59.7 Å². The summed E-state index contributed by atoms with van der Waals surface area (Å²) in [6.07, 6.45) is 0.894. The molecule has 0 bridgehead atoms. The third-order valence-corrected chi connectivity index (χ3v) is 3.32. The Balaban J connectivity index is 1.83. The summed E-state index contributed by atoms with van der Waals surface area (Å²) in [6.45, 7) is 3.55. The minimum Gasteiger partial charge on any atom is -0.504 e. The van der Waals surface area contributed by atoms with Crippen LogP contribution in [0.5, 0.6) is 11.5 Å². The van der Waals surface area contributed by atoms with E-state index in [1.807, 2.05) is 25.1 Å². The Hall–Kier alpha value is -2.69. The fourth-order valence-corrected chi connectivity index (χ4v) is 2.14. The number of aromatic hydroxyl groups is 1. The standard InChI is InChI=1S/C18H23N3O2/c1-2-23-17-12-15(8-9-16(17)22)13-21-18(19)20-11-10-14-6-4-3-5-7-14/h3-9,12,22H,2,10-11,13H2,1H3,(H3,19,20,21). The van der Waals surface area contributed by atoms with Gasteiger partial charge >= 0.3 is 0 Å². The molecule has 4 N–H and O–H groups in total. The number of nitrogens with zero attached hydrogens (tertiary/aromatic N) is 1. The summed E-state index contributed by atoms with van der Waals surface area (Å²) in [5.41, 5.74) is 8.06. The summed E-state index contributed by atoms with van der Waals surface area (Å²) in [5, 5.41) is 12.8. The molecule has 0 saturated heterocycles. The molecule has 5 heteroatoms. The molecule has 0 atom stereocenters. The van der Waals surface area contributed by atoms with Gasteiger partial charge in [-0.15, -0.1) is 0 Å². The van der Waals surface area contributed by atoms with Crippen LogP contribution in [-0.2, 0) is 13.0 Å². The number of benzene rings is 2. The van der Waals surface area contributed by atoms with Crippen molar-refractivity contribution in [3.8, 4) is 11.5 Å². The van der Waals surface area contributed by atoms with Gasteiger partial charge in [-0.1, -0.05) is 36.4 Å². The number of phenolic OH excluding ortho intramolecular Hbond substituents is 1. The molecule has 0 radical (unpaired) electrons. The van der Waals surface area contributed by atoms with Gasteiger partial charge in [0.05, 0.1) is 13.2 Å². The molecule has 122 valence electrons. The Labute approximate surface area is 136 Å². The number of hydrogen-bond donors (Lipinski definition) is 3. The fraction of sp³-hybridized carbons (Fsp3) is 0.278. The van der Waals surface area contributed by atoms with Crippen LogP contribution in [0.3, 0.4) is 0 Å². The topological polar surface area (TPSA) is 79.9 Å². The smallest absolute Gasteiger partial charge is 0.188 e. The van der Waals surface area contributed by atoms with Gasteiger partial charge in [0.1, 0.15) is 0 Å². The van der Waals surface area contributed by atoms with E-state index in [9.17, 15) is 5.11 Å². The van der Waals surface area contributed by atoms with Crippen LogP contribution in [0.2, 0.25) is 0 Å². The molecule has 5 nitrogen and oxygen atoms in total. The lowest BCUT2D eigenvalue weighted by atomic mass is 10.1. The first-order valence-electron chi connectivity index (χ1n) is 7.71. The lowest BCUT2D eigenvalue weighted by molar-refractivity contribution is 0.318. The Bertz CT molecular complexity index is 642. The Morgan fingerprint density at radius 3 is 2.70 bits per heavy atom. The number of rotatable bonds is 7. The van der Waals surface area contributed by atoms with Gasteiger partial charge in [0.15, 0.2) is 17.5 Å². The number of nitrogens with one attached hydrogen (secondary N) is 1. The maximum absolute atomic E-state index is 9.67. The van der Waals surface area contributed by atoms with E-state index >= 15 is 0 Å². The van der Waals surface area contributed by atoms with Gasteiger partial charge in [0.2, 0.25) is 0 Å². The van der Waals surface area contributed by atoms with Crippen molar-refractivity contribution in [2.24, 2.45) is 10.7 Å². The van der Waals surface area contributed by atoms with Crippen molar-refractivity contribution in [2.45, 2.75) is 19.9 Å². The van der Waals surface area contributed by atoms with E-state index in [1.54, 1.807) is 18.2 Å². The maximum atomic E-state index is 9.67. The minimum atomic E-state index is 0.133. The van der Waals surface area contributed by atoms with Gasteiger partial charge < -0.3 is 20.9 Å². The van der Waals surface area contributed by atoms with Crippen molar-refractivity contribution >= 4 is 5.96 Å². The highest BCUT2D eigenvalue weighted by Gasteiger charge is 2.03. The second-order valence-corrected chi connectivity index (χ2v) is 5.10. The van der Waals surface area contributed by atoms with E-state index in [0.29, 0.717) is 24.9 Å². The number of aliphatic imine (C=N–C) groups is 1. The second kappa shape index (κ2) is 8.68. The first-order valence-corrected chi connectivity index (χ1v) is 7.71. The fourth-order valence-electron chi connectivity index (χ4n) is 2.14. The molecule has 0 aliphatic carbocycles. The lowest BCUT2D eigenvalue weighted by Gasteiger charge is -2.08. The van der Waals surface area contributed by atoms with Gasteiger partial charge in [-0.3, -0.25) is 0 Å². The van der Waals surface area contributed by atoms with Crippen LogP contribution < -0.4 is 15.8 Å². The maximum Gasteiger partial charge on any atom is 0.188 e. The molecule has 0 heterocycles. The average molecular weight is 313 g/mol. The molecule has 0 aliphatic heterocycles. The number of nitrogens with two attached hydrogens (primary N) is 1. The molecular formula is C18H23N3O2. The molecule has 0 aliphatic rings. The Morgan fingerprint density at radius 2 is 1.96 bits per heavy atom. The van der Waals surface area contributed by atoms with Crippen LogP contribution in [-0.4, -0.2) is 24.2 Å². The van der Waals surface area contributed by atoms with Crippen molar-refractivity contribution in [1.82, 2.24) is 5.32 Å². The molecule has 0 spiro atoms. The van der Waals surface area contributed by atoms with Gasteiger partial charge in [-0.05, 0) is 36.6 Å². The minimum absolute atomic E-state index is 0.133. The summed E-state index contributed by atoms with van der Waals surface area (Å²) in [5.74, 6) is 1.01. The highest BCUT2D eigenvalue weighted by atomic mass is 16.5. The van der Waals surface area contributed by atoms with E-state index in [0.717, 1.165) is 18.5 Å². The van der Waals surface area contributed by atoms with Gasteiger partial charge in [0, 0.05) is 6.54 Å². The average Bonchev–Trinajstić information content (AvgIpc) is 2.57.